The van der Waals surface area contributed by atoms with E-state index >= 15 is 0 Å². The fourth-order valence-electron chi connectivity index (χ4n) is 4.19. The molecule has 1 heterocycles. The first-order valence-electron chi connectivity index (χ1n) is 12.8. The number of rotatable bonds is 17. The van der Waals surface area contributed by atoms with Gasteiger partial charge in [0.2, 0.25) is 5.43 Å². The van der Waals surface area contributed by atoms with Crippen LogP contribution in [0.4, 0.5) is 0 Å². The van der Waals surface area contributed by atoms with Crippen molar-refractivity contribution < 1.29 is 9.84 Å². The molecule has 0 atom stereocenters. The molecule has 0 radical (unpaired) electrons. The standard InChI is InChI=1S/C28H43NO3/c1-3-5-6-7-8-9-10-11-12-13-14-15-21-29-22-20-27(31)28(26(29)4-2)32-23-24-16-18-25(30)19-17-24/h16-20,22,30H,3-15,21,23H2,1-2H3. The van der Waals surface area contributed by atoms with Crippen molar-refractivity contribution in [3.05, 3.63) is 58.0 Å². The summed E-state index contributed by atoms with van der Waals surface area (Å²) in [6.45, 7) is 5.59. The number of hydrogen-bond acceptors (Lipinski definition) is 3. The number of aryl methyl sites for hydroxylation is 1. The van der Waals surface area contributed by atoms with Gasteiger partial charge in [-0.3, -0.25) is 4.79 Å². The van der Waals surface area contributed by atoms with Crippen molar-refractivity contribution in [3.8, 4) is 11.5 Å². The average Bonchev–Trinajstić information content (AvgIpc) is 2.80. The molecule has 4 nitrogen and oxygen atoms in total. The maximum absolute atomic E-state index is 12.4. The Labute approximate surface area is 194 Å². The van der Waals surface area contributed by atoms with Crippen molar-refractivity contribution in [1.29, 1.82) is 0 Å². The monoisotopic (exact) mass is 441 g/mol. The average molecular weight is 442 g/mol. The van der Waals surface area contributed by atoms with E-state index in [-0.39, 0.29) is 11.2 Å². The van der Waals surface area contributed by atoms with Gasteiger partial charge >= 0.3 is 0 Å². The van der Waals surface area contributed by atoms with Gasteiger partial charge < -0.3 is 14.4 Å². The molecule has 0 aliphatic heterocycles. The van der Waals surface area contributed by atoms with Crippen LogP contribution in [0.3, 0.4) is 0 Å². The summed E-state index contributed by atoms with van der Waals surface area (Å²) >= 11 is 0. The maximum Gasteiger partial charge on any atom is 0.223 e. The normalized spacial score (nSPS) is 11.1. The molecule has 0 saturated heterocycles. The van der Waals surface area contributed by atoms with Crippen molar-refractivity contribution >= 4 is 0 Å². The van der Waals surface area contributed by atoms with E-state index in [1.165, 1.54) is 70.6 Å². The van der Waals surface area contributed by atoms with Crippen LogP contribution in [0.1, 0.15) is 102 Å². The van der Waals surface area contributed by atoms with Gasteiger partial charge in [0.25, 0.3) is 0 Å². The van der Waals surface area contributed by atoms with Gasteiger partial charge in [-0.15, -0.1) is 0 Å². The van der Waals surface area contributed by atoms with Crippen LogP contribution in [0.15, 0.2) is 41.3 Å². The van der Waals surface area contributed by atoms with Crippen LogP contribution in [0, 0.1) is 0 Å². The topological polar surface area (TPSA) is 51.5 Å². The maximum atomic E-state index is 12.4. The number of ether oxygens (including phenoxy) is 1. The van der Waals surface area contributed by atoms with Gasteiger partial charge in [-0.2, -0.15) is 0 Å². The molecule has 2 rings (SSSR count). The van der Waals surface area contributed by atoms with E-state index in [4.69, 9.17) is 4.74 Å². The molecule has 0 aliphatic rings. The highest BCUT2D eigenvalue weighted by molar-refractivity contribution is 5.30. The SMILES string of the molecule is CCCCCCCCCCCCCCn1ccc(=O)c(OCc2ccc(O)cc2)c1CC. The lowest BCUT2D eigenvalue weighted by molar-refractivity contribution is 0.295. The Morgan fingerprint density at radius 1 is 0.781 bits per heavy atom. The molecule has 1 N–H and O–H groups in total. The third-order valence-corrected chi connectivity index (χ3v) is 6.15. The van der Waals surface area contributed by atoms with E-state index in [0.717, 1.165) is 30.6 Å². The molecular formula is C28H43NO3. The second-order valence-electron chi connectivity index (χ2n) is 8.85. The molecule has 1 aromatic heterocycles. The lowest BCUT2D eigenvalue weighted by atomic mass is 10.1. The van der Waals surface area contributed by atoms with E-state index in [2.05, 4.69) is 18.4 Å². The molecular weight excluding hydrogens is 398 g/mol. The highest BCUT2D eigenvalue weighted by atomic mass is 16.5. The summed E-state index contributed by atoms with van der Waals surface area (Å²) in [4.78, 5) is 12.4. The Morgan fingerprint density at radius 3 is 1.91 bits per heavy atom. The first-order chi connectivity index (χ1) is 15.7. The number of benzene rings is 1. The number of aromatic hydroxyl groups is 1. The predicted octanol–water partition coefficient (Wildman–Crippen LogP) is 7.40. The van der Waals surface area contributed by atoms with Gasteiger partial charge in [-0.25, -0.2) is 0 Å². The predicted molar refractivity (Wildman–Crippen MR) is 134 cm³/mol. The zero-order valence-electron chi connectivity index (χ0n) is 20.3. The number of aromatic nitrogens is 1. The van der Waals surface area contributed by atoms with Gasteiger partial charge in [0.15, 0.2) is 5.75 Å². The van der Waals surface area contributed by atoms with Crippen LogP contribution in [-0.2, 0) is 19.6 Å². The number of nitrogens with zero attached hydrogens (tertiary/aromatic N) is 1. The molecule has 0 bridgehead atoms. The number of hydrogen-bond donors (Lipinski definition) is 1. The number of phenolic OH excluding ortho intramolecular Hbond substituents is 1. The second kappa shape index (κ2) is 15.6. The summed E-state index contributed by atoms with van der Waals surface area (Å²) in [5, 5.41) is 9.42. The molecule has 0 fully saturated rings. The lowest BCUT2D eigenvalue weighted by Crippen LogP contribution is -2.16. The third-order valence-electron chi connectivity index (χ3n) is 6.15. The van der Waals surface area contributed by atoms with Gasteiger partial charge in [0, 0.05) is 18.8 Å². The Balaban J connectivity index is 1.71. The fraction of sp³-hybridized carbons (Fsp3) is 0.607. The Morgan fingerprint density at radius 2 is 1.34 bits per heavy atom. The Kier molecular flexibility index (Phi) is 12.6. The highest BCUT2D eigenvalue weighted by Crippen LogP contribution is 2.18. The molecule has 0 spiro atoms. The fourth-order valence-corrected chi connectivity index (χ4v) is 4.19. The van der Waals surface area contributed by atoms with Crippen molar-refractivity contribution in [2.24, 2.45) is 0 Å². The first kappa shape index (κ1) is 26.0. The molecule has 2 aromatic rings. The van der Waals surface area contributed by atoms with Gasteiger partial charge in [-0.05, 0) is 30.5 Å². The van der Waals surface area contributed by atoms with Crippen molar-refractivity contribution in [2.45, 2.75) is 110 Å². The van der Waals surface area contributed by atoms with Crippen LogP contribution < -0.4 is 10.2 Å². The van der Waals surface area contributed by atoms with Gasteiger partial charge in [0.05, 0.1) is 5.69 Å². The summed E-state index contributed by atoms with van der Waals surface area (Å²) in [6, 6.07) is 8.52. The van der Waals surface area contributed by atoms with Crippen LogP contribution in [0.5, 0.6) is 11.5 Å². The summed E-state index contributed by atoms with van der Waals surface area (Å²) in [6.07, 6.45) is 18.7. The highest BCUT2D eigenvalue weighted by Gasteiger charge is 2.11. The van der Waals surface area contributed by atoms with E-state index in [1.807, 2.05) is 18.3 Å². The molecule has 4 heteroatoms. The smallest absolute Gasteiger partial charge is 0.223 e. The zero-order valence-corrected chi connectivity index (χ0v) is 20.3. The van der Waals surface area contributed by atoms with Crippen LogP contribution in [0.25, 0.3) is 0 Å². The number of phenols is 1. The number of unbranched alkanes of at least 4 members (excludes halogenated alkanes) is 11. The minimum absolute atomic E-state index is 0.0634. The van der Waals surface area contributed by atoms with E-state index in [0.29, 0.717) is 12.4 Å². The van der Waals surface area contributed by atoms with Crippen LogP contribution in [-0.4, -0.2) is 9.67 Å². The minimum Gasteiger partial charge on any atom is -0.508 e. The first-order valence-corrected chi connectivity index (χ1v) is 12.8. The summed E-state index contributed by atoms with van der Waals surface area (Å²) in [5.74, 6) is 0.689. The van der Waals surface area contributed by atoms with Crippen LogP contribution >= 0.6 is 0 Å². The summed E-state index contributed by atoms with van der Waals surface area (Å²) in [5.41, 5.74) is 1.84. The van der Waals surface area contributed by atoms with Gasteiger partial charge in [-0.1, -0.05) is 96.6 Å². The zero-order chi connectivity index (χ0) is 23.0. The van der Waals surface area contributed by atoms with E-state index in [1.54, 1.807) is 18.2 Å². The Hall–Kier alpha value is -2.23. The quantitative estimate of drug-likeness (QED) is 0.260. The Bertz CT molecular complexity index is 810. The second-order valence-corrected chi connectivity index (χ2v) is 8.85. The molecule has 0 saturated carbocycles. The number of pyridine rings is 1. The minimum atomic E-state index is -0.0634. The molecule has 178 valence electrons. The molecule has 32 heavy (non-hydrogen) atoms. The van der Waals surface area contributed by atoms with E-state index < -0.39 is 0 Å². The molecule has 1 aromatic carbocycles. The molecule has 0 unspecified atom stereocenters. The summed E-state index contributed by atoms with van der Waals surface area (Å²) < 4.78 is 8.11. The van der Waals surface area contributed by atoms with Gasteiger partial charge in [0.1, 0.15) is 12.4 Å². The van der Waals surface area contributed by atoms with E-state index in [9.17, 15) is 9.90 Å². The lowest BCUT2D eigenvalue weighted by Gasteiger charge is -2.17. The van der Waals surface area contributed by atoms with Crippen molar-refractivity contribution in [1.82, 2.24) is 4.57 Å². The van der Waals surface area contributed by atoms with Crippen molar-refractivity contribution in [2.75, 3.05) is 0 Å². The molecule has 0 aliphatic carbocycles. The largest absolute Gasteiger partial charge is 0.508 e. The molecule has 0 amide bonds. The van der Waals surface area contributed by atoms with Crippen molar-refractivity contribution in [3.63, 3.8) is 0 Å². The third kappa shape index (κ3) is 9.50. The van der Waals surface area contributed by atoms with Crippen LogP contribution in [0.2, 0.25) is 0 Å². The summed E-state index contributed by atoms with van der Waals surface area (Å²) in [7, 11) is 0.